The van der Waals surface area contributed by atoms with E-state index in [-0.39, 0.29) is 18.4 Å². The summed E-state index contributed by atoms with van der Waals surface area (Å²) in [4.78, 5) is 38.5. The van der Waals surface area contributed by atoms with Gasteiger partial charge in [-0.15, -0.1) is 5.10 Å². The van der Waals surface area contributed by atoms with Crippen molar-refractivity contribution in [3.63, 3.8) is 0 Å². The Balaban J connectivity index is 1.42. The number of halogens is 2. The van der Waals surface area contributed by atoms with Crippen LogP contribution in [0.1, 0.15) is 41.6 Å². The molecule has 1 saturated carbocycles. The lowest BCUT2D eigenvalue weighted by Crippen LogP contribution is -2.51. The maximum absolute atomic E-state index is 13.5. The van der Waals surface area contributed by atoms with Crippen LogP contribution in [-0.4, -0.2) is 50.8 Å². The smallest absolute Gasteiger partial charge is 0.325 e. The van der Waals surface area contributed by atoms with Gasteiger partial charge in [-0.3, -0.25) is 14.5 Å². The van der Waals surface area contributed by atoms with E-state index in [4.69, 9.17) is 4.74 Å². The first-order chi connectivity index (χ1) is 14.7. The molecular formula is C21H20F2N4O4. The number of imide groups is 1. The number of hydrogen-bond acceptors (Lipinski definition) is 6. The Morgan fingerprint density at radius 2 is 1.81 bits per heavy atom. The van der Waals surface area contributed by atoms with E-state index in [1.807, 2.05) is 6.92 Å². The van der Waals surface area contributed by atoms with Crippen LogP contribution in [0.5, 0.6) is 11.6 Å². The van der Waals surface area contributed by atoms with Crippen molar-refractivity contribution in [2.24, 2.45) is 0 Å². The number of nitrogens with one attached hydrogen (secondary N) is 1. The van der Waals surface area contributed by atoms with Crippen molar-refractivity contribution in [2.45, 2.75) is 44.1 Å². The van der Waals surface area contributed by atoms with Gasteiger partial charge in [-0.1, -0.05) is 0 Å². The third kappa shape index (κ3) is 4.10. The first kappa shape index (κ1) is 20.8. The van der Waals surface area contributed by atoms with E-state index in [9.17, 15) is 23.2 Å². The Morgan fingerprint density at radius 1 is 1.13 bits per heavy atom. The zero-order valence-electron chi connectivity index (χ0n) is 16.7. The molecule has 1 aromatic heterocycles. The summed E-state index contributed by atoms with van der Waals surface area (Å²) in [5, 5.41) is 10.2. The van der Waals surface area contributed by atoms with Crippen LogP contribution in [0.2, 0.25) is 0 Å². The Kier molecular flexibility index (Phi) is 5.16. The summed E-state index contributed by atoms with van der Waals surface area (Å²) in [6, 6.07) is 7.17. The molecule has 2 aromatic rings. The van der Waals surface area contributed by atoms with Crippen LogP contribution in [0.4, 0.5) is 13.6 Å². The third-order valence-corrected chi connectivity index (χ3v) is 5.65. The van der Waals surface area contributed by atoms with Crippen molar-refractivity contribution >= 4 is 17.7 Å². The molecule has 0 atom stereocenters. The minimum absolute atomic E-state index is 0.150. The lowest BCUT2D eigenvalue weighted by Gasteiger charge is -2.34. The molecule has 1 N–H and O–H groups in total. The number of ether oxygens (including phenoxy) is 1. The number of rotatable bonds is 5. The van der Waals surface area contributed by atoms with Crippen molar-refractivity contribution in [1.82, 2.24) is 20.4 Å². The summed E-state index contributed by atoms with van der Waals surface area (Å²) >= 11 is 0. The quantitative estimate of drug-likeness (QED) is 0.577. The van der Waals surface area contributed by atoms with Crippen LogP contribution in [0, 0.1) is 6.92 Å². The predicted molar refractivity (Wildman–Crippen MR) is 104 cm³/mol. The lowest BCUT2D eigenvalue weighted by molar-refractivity contribution is -0.135. The number of urea groups is 1. The van der Waals surface area contributed by atoms with Gasteiger partial charge >= 0.3 is 6.03 Å². The molecule has 1 spiro atoms. The van der Waals surface area contributed by atoms with Gasteiger partial charge < -0.3 is 10.1 Å². The fourth-order valence-electron chi connectivity index (χ4n) is 3.74. The van der Waals surface area contributed by atoms with E-state index >= 15 is 0 Å². The first-order valence-electron chi connectivity index (χ1n) is 9.80. The van der Waals surface area contributed by atoms with Gasteiger partial charge in [0.05, 0.1) is 12.7 Å². The molecule has 0 bridgehead atoms. The molecule has 1 aromatic carbocycles. The fourth-order valence-corrected chi connectivity index (χ4v) is 3.74. The normalized spacial score (nSPS) is 19.4. The summed E-state index contributed by atoms with van der Waals surface area (Å²) in [5.74, 6) is -3.14. The molecule has 0 unspecified atom stereocenters. The van der Waals surface area contributed by atoms with Gasteiger partial charge in [-0.05, 0) is 50.1 Å². The molecular weight excluding hydrogens is 410 g/mol. The van der Waals surface area contributed by atoms with E-state index in [1.165, 1.54) is 12.1 Å². The van der Waals surface area contributed by atoms with Crippen molar-refractivity contribution in [1.29, 1.82) is 0 Å². The molecule has 2 fully saturated rings. The van der Waals surface area contributed by atoms with Gasteiger partial charge in [0, 0.05) is 24.0 Å². The van der Waals surface area contributed by atoms with Gasteiger partial charge in [0.15, 0.2) is 5.78 Å². The highest BCUT2D eigenvalue weighted by Gasteiger charge is 2.55. The van der Waals surface area contributed by atoms with Crippen molar-refractivity contribution in [2.75, 3.05) is 6.54 Å². The Labute approximate surface area is 176 Å². The number of benzene rings is 1. The van der Waals surface area contributed by atoms with Crippen LogP contribution in [0.15, 0.2) is 36.5 Å². The highest BCUT2D eigenvalue weighted by Crippen LogP contribution is 2.41. The first-order valence-corrected chi connectivity index (χ1v) is 9.80. The minimum Gasteiger partial charge on any atom is -0.437 e. The maximum Gasteiger partial charge on any atom is 0.325 e. The Bertz CT molecular complexity index is 1030. The highest BCUT2D eigenvalue weighted by molar-refractivity contribution is 6.11. The number of carbonyl (C=O) groups is 3. The number of hydrogen-bond donors (Lipinski definition) is 1. The number of carbonyl (C=O) groups excluding carboxylic acids is 3. The highest BCUT2D eigenvalue weighted by atomic mass is 19.3. The number of ketones is 1. The molecule has 1 aliphatic heterocycles. The number of nitrogens with zero attached hydrogens (tertiary/aromatic N) is 3. The van der Waals surface area contributed by atoms with Crippen LogP contribution < -0.4 is 10.1 Å². The zero-order chi connectivity index (χ0) is 22.2. The van der Waals surface area contributed by atoms with Crippen molar-refractivity contribution in [3.8, 4) is 11.6 Å². The minimum atomic E-state index is -2.84. The summed E-state index contributed by atoms with van der Waals surface area (Å²) in [7, 11) is 0. The van der Waals surface area contributed by atoms with Crippen LogP contribution in [0.3, 0.4) is 0 Å². The molecule has 2 aliphatic rings. The summed E-state index contributed by atoms with van der Waals surface area (Å²) in [6.45, 7) is 1.35. The summed E-state index contributed by atoms with van der Waals surface area (Å²) < 4.78 is 32.6. The predicted octanol–water partition coefficient (Wildman–Crippen LogP) is 3.26. The SMILES string of the molecule is Cc1ccnnc1Oc1ccc(C(=O)CN2C(=O)NC3(CCC(F)(F)CC3)C2=O)cc1. The van der Waals surface area contributed by atoms with Crippen molar-refractivity contribution < 1.29 is 27.9 Å². The number of aryl methyl sites for hydroxylation is 1. The van der Waals surface area contributed by atoms with Gasteiger partial charge in [0.1, 0.15) is 11.3 Å². The van der Waals surface area contributed by atoms with E-state index in [0.717, 1.165) is 10.5 Å². The molecule has 1 aliphatic carbocycles. The fraction of sp³-hybridized carbons (Fsp3) is 0.381. The molecule has 10 heteroatoms. The van der Waals surface area contributed by atoms with Crippen molar-refractivity contribution in [3.05, 3.63) is 47.7 Å². The molecule has 162 valence electrons. The summed E-state index contributed by atoms with van der Waals surface area (Å²) in [5.41, 5.74) is -0.270. The standard InChI is InChI=1S/C21H20F2N4O4/c1-13-6-11-24-26-17(13)31-15-4-2-14(3-5-15)16(28)12-27-18(29)20(25-19(27)30)7-9-21(22,23)10-8-20/h2-6,11H,7-10,12H2,1H3,(H,25,30). The number of alkyl halides is 2. The second-order valence-electron chi connectivity index (χ2n) is 7.83. The Hall–Kier alpha value is -3.43. The number of Topliss-reactive ketones (excluding diaryl/α,β-unsaturated/α-hetero) is 1. The van der Waals surface area contributed by atoms with Crippen LogP contribution in [-0.2, 0) is 4.79 Å². The third-order valence-electron chi connectivity index (χ3n) is 5.65. The van der Waals surface area contributed by atoms with Crippen LogP contribution >= 0.6 is 0 Å². The Morgan fingerprint density at radius 3 is 2.45 bits per heavy atom. The lowest BCUT2D eigenvalue weighted by atomic mass is 9.80. The average Bonchev–Trinajstić information content (AvgIpc) is 2.97. The molecule has 8 nitrogen and oxygen atoms in total. The molecule has 0 radical (unpaired) electrons. The topological polar surface area (TPSA) is 101 Å². The monoisotopic (exact) mass is 430 g/mol. The van der Waals surface area contributed by atoms with E-state index < -0.39 is 48.6 Å². The largest absolute Gasteiger partial charge is 0.437 e. The second-order valence-corrected chi connectivity index (χ2v) is 7.83. The number of amides is 3. The molecule has 31 heavy (non-hydrogen) atoms. The molecule has 2 heterocycles. The molecule has 3 amide bonds. The summed E-state index contributed by atoms with van der Waals surface area (Å²) in [6.07, 6.45) is 0.288. The van der Waals surface area contributed by atoms with Gasteiger partial charge in [-0.2, -0.15) is 5.10 Å². The molecule has 4 rings (SSSR count). The zero-order valence-corrected chi connectivity index (χ0v) is 16.7. The second kappa shape index (κ2) is 7.68. The van der Waals surface area contributed by atoms with Crippen LogP contribution in [0.25, 0.3) is 0 Å². The van der Waals surface area contributed by atoms with E-state index in [1.54, 1.807) is 24.4 Å². The maximum atomic E-state index is 13.5. The van der Waals surface area contributed by atoms with Gasteiger partial charge in [0.2, 0.25) is 11.8 Å². The van der Waals surface area contributed by atoms with E-state index in [2.05, 4.69) is 15.5 Å². The van der Waals surface area contributed by atoms with Gasteiger partial charge in [-0.25, -0.2) is 13.6 Å². The van der Waals surface area contributed by atoms with Gasteiger partial charge in [0.25, 0.3) is 5.91 Å². The molecule has 1 saturated heterocycles. The van der Waals surface area contributed by atoms with E-state index in [0.29, 0.717) is 11.6 Å². The number of aromatic nitrogens is 2. The average molecular weight is 430 g/mol.